The van der Waals surface area contributed by atoms with E-state index in [0.29, 0.717) is 23.8 Å². The fourth-order valence-corrected chi connectivity index (χ4v) is 4.42. The fourth-order valence-electron chi connectivity index (χ4n) is 4.42. The van der Waals surface area contributed by atoms with Crippen molar-refractivity contribution >= 4 is 17.5 Å². The van der Waals surface area contributed by atoms with E-state index in [1.807, 2.05) is 23.1 Å². The molecule has 0 spiro atoms. The highest BCUT2D eigenvalue weighted by Gasteiger charge is 2.28. The van der Waals surface area contributed by atoms with Crippen molar-refractivity contribution in [2.45, 2.75) is 51.5 Å². The summed E-state index contributed by atoms with van der Waals surface area (Å²) >= 11 is 0. The molecule has 1 aromatic carbocycles. The van der Waals surface area contributed by atoms with Gasteiger partial charge < -0.3 is 9.80 Å². The maximum Gasteiger partial charge on any atom is 0.276 e. The number of piperidine rings is 1. The Hall–Kier alpha value is -2.69. The first-order valence-corrected chi connectivity index (χ1v) is 10.4. The maximum absolute atomic E-state index is 13.2. The van der Waals surface area contributed by atoms with Gasteiger partial charge in [-0.3, -0.25) is 14.6 Å². The van der Waals surface area contributed by atoms with Gasteiger partial charge in [-0.2, -0.15) is 0 Å². The van der Waals surface area contributed by atoms with E-state index in [-0.39, 0.29) is 11.8 Å². The zero-order valence-electron chi connectivity index (χ0n) is 16.4. The molecular formula is C23H27N3O2. The zero-order valence-corrected chi connectivity index (χ0v) is 16.4. The number of fused-ring (bicyclic) bond motifs is 1. The Labute approximate surface area is 166 Å². The molecule has 3 heterocycles. The van der Waals surface area contributed by atoms with Crippen LogP contribution in [0.2, 0.25) is 0 Å². The molecule has 0 radical (unpaired) electrons. The molecule has 146 valence electrons. The van der Waals surface area contributed by atoms with Gasteiger partial charge in [0.2, 0.25) is 0 Å². The van der Waals surface area contributed by atoms with Crippen LogP contribution in [-0.4, -0.2) is 40.8 Å². The molecule has 2 aromatic rings. The van der Waals surface area contributed by atoms with Crippen LogP contribution < -0.4 is 4.90 Å². The van der Waals surface area contributed by atoms with Gasteiger partial charge in [-0.25, -0.2) is 0 Å². The molecule has 0 N–H and O–H groups in total. The first-order valence-electron chi connectivity index (χ1n) is 10.4. The molecule has 2 aliphatic rings. The molecule has 1 atom stereocenters. The van der Waals surface area contributed by atoms with E-state index in [4.69, 9.17) is 0 Å². The standard InChI is InChI=1S/C23H27N3O2/c1-2-19-10-5-6-14-25(19)22(27)18-12-13-24-20(16-18)23(28)26-15-7-9-17-8-3-4-11-21(17)26/h3-4,8,11-13,16,19H,2,5-7,9-10,14-15H2,1H3. The minimum atomic E-state index is -0.132. The smallest absolute Gasteiger partial charge is 0.276 e. The second-order valence-electron chi connectivity index (χ2n) is 7.68. The number of rotatable bonds is 3. The second kappa shape index (κ2) is 8.13. The van der Waals surface area contributed by atoms with Gasteiger partial charge in [-0.05, 0) is 62.3 Å². The monoisotopic (exact) mass is 377 g/mol. The highest BCUT2D eigenvalue weighted by Crippen LogP contribution is 2.28. The summed E-state index contributed by atoms with van der Waals surface area (Å²) in [4.78, 5) is 34.3. The molecule has 1 saturated heterocycles. The van der Waals surface area contributed by atoms with Crippen molar-refractivity contribution in [1.29, 1.82) is 0 Å². The molecule has 1 unspecified atom stereocenters. The van der Waals surface area contributed by atoms with Crippen molar-refractivity contribution in [3.8, 4) is 0 Å². The number of amides is 2. The Balaban J connectivity index is 1.59. The lowest BCUT2D eigenvalue weighted by Crippen LogP contribution is -2.43. The molecule has 4 rings (SSSR count). The summed E-state index contributed by atoms with van der Waals surface area (Å²) in [5.41, 5.74) is 3.05. The van der Waals surface area contributed by atoms with Crippen LogP contribution in [0.25, 0.3) is 0 Å². The summed E-state index contributed by atoms with van der Waals surface area (Å²) in [7, 11) is 0. The van der Waals surface area contributed by atoms with Crippen molar-refractivity contribution in [2.24, 2.45) is 0 Å². The van der Waals surface area contributed by atoms with E-state index in [0.717, 1.165) is 44.3 Å². The topological polar surface area (TPSA) is 53.5 Å². The van der Waals surface area contributed by atoms with Crippen LogP contribution in [0, 0.1) is 0 Å². The number of carbonyl (C=O) groups is 2. The first-order chi connectivity index (χ1) is 13.7. The van der Waals surface area contributed by atoms with Crippen LogP contribution in [-0.2, 0) is 6.42 Å². The second-order valence-corrected chi connectivity index (χ2v) is 7.68. The predicted octanol–water partition coefficient (Wildman–Crippen LogP) is 4.08. The fraction of sp³-hybridized carbons (Fsp3) is 0.435. The average Bonchev–Trinajstić information content (AvgIpc) is 2.77. The van der Waals surface area contributed by atoms with Crippen LogP contribution in [0.1, 0.15) is 65.4 Å². The van der Waals surface area contributed by atoms with E-state index >= 15 is 0 Å². The van der Waals surface area contributed by atoms with Crippen molar-refractivity contribution < 1.29 is 9.59 Å². The third kappa shape index (κ3) is 3.53. The number of aryl methyl sites for hydroxylation is 1. The number of pyridine rings is 1. The van der Waals surface area contributed by atoms with Crippen molar-refractivity contribution in [3.63, 3.8) is 0 Å². The number of hydrogen-bond donors (Lipinski definition) is 0. The normalized spacial score (nSPS) is 19.2. The third-order valence-corrected chi connectivity index (χ3v) is 5.94. The molecule has 1 aromatic heterocycles. The molecule has 28 heavy (non-hydrogen) atoms. The molecule has 0 saturated carbocycles. The van der Waals surface area contributed by atoms with Gasteiger partial charge in [-0.15, -0.1) is 0 Å². The summed E-state index contributed by atoms with van der Waals surface area (Å²) in [5.74, 6) is -0.116. The lowest BCUT2D eigenvalue weighted by Gasteiger charge is -2.35. The quantitative estimate of drug-likeness (QED) is 0.810. The number of carbonyl (C=O) groups excluding carboxylic acids is 2. The molecule has 0 aliphatic carbocycles. The van der Waals surface area contributed by atoms with E-state index in [9.17, 15) is 9.59 Å². The van der Waals surface area contributed by atoms with Gasteiger partial charge >= 0.3 is 0 Å². The van der Waals surface area contributed by atoms with E-state index in [1.54, 1.807) is 23.2 Å². The minimum absolute atomic E-state index is 0.0158. The lowest BCUT2D eigenvalue weighted by molar-refractivity contribution is 0.0608. The molecule has 2 amide bonds. The van der Waals surface area contributed by atoms with Gasteiger partial charge in [0, 0.05) is 36.6 Å². The number of aromatic nitrogens is 1. The SMILES string of the molecule is CCC1CCCCN1C(=O)c1ccnc(C(=O)N2CCCc3ccccc32)c1. The van der Waals surface area contributed by atoms with E-state index in [1.165, 1.54) is 12.0 Å². The maximum atomic E-state index is 13.2. The Kier molecular flexibility index (Phi) is 5.42. The number of nitrogens with zero attached hydrogens (tertiary/aromatic N) is 3. The number of hydrogen-bond acceptors (Lipinski definition) is 3. The van der Waals surface area contributed by atoms with Crippen LogP contribution in [0.3, 0.4) is 0 Å². The lowest BCUT2D eigenvalue weighted by atomic mass is 9.98. The van der Waals surface area contributed by atoms with Crippen molar-refractivity contribution in [2.75, 3.05) is 18.0 Å². The van der Waals surface area contributed by atoms with E-state index < -0.39 is 0 Å². The number of anilines is 1. The van der Waals surface area contributed by atoms with Gasteiger partial charge in [0.15, 0.2) is 0 Å². The first kappa shape index (κ1) is 18.7. The van der Waals surface area contributed by atoms with Crippen LogP contribution in [0.4, 0.5) is 5.69 Å². The predicted molar refractivity (Wildman–Crippen MR) is 110 cm³/mol. The highest BCUT2D eigenvalue weighted by atomic mass is 16.2. The zero-order chi connectivity index (χ0) is 19.5. The summed E-state index contributed by atoms with van der Waals surface area (Å²) in [6.07, 6.45) is 7.76. The average molecular weight is 377 g/mol. The number of benzene rings is 1. The van der Waals surface area contributed by atoms with Crippen LogP contribution in [0.15, 0.2) is 42.6 Å². The minimum Gasteiger partial charge on any atom is -0.336 e. The van der Waals surface area contributed by atoms with Crippen molar-refractivity contribution in [3.05, 3.63) is 59.4 Å². The largest absolute Gasteiger partial charge is 0.336 e. The Morgan fingerprint density at radius 1 is 1.07 bits per heavy atom. The summed E-state index contributed by atoms with van der Waals surface area (Å²) in [6.45, 7) is 3.60. The summed E-state index contributed by atoms with van der Waals surface area (Å²) in [6, 6.07) is 11.7. The molecule has 1 fully saturated rings. The Morgan fingerprint density at radius 2 is 1.93 bits per heavy atom. The van der Waals surface area contributed by atoms with Gasteiger partial charge in [-0.1, -0.05) is 25.1 Å². The number of para-hydroxylation sites is 1. The molecule has 0 bridgehead atoms. The van der Waals surface area contributed by atoms with Gasteiger partial charge in [0.25, 0.3) is 11.8 Å². The van der Waals surface area contributed by atoms with Gasteiger partial charge in [0.1, 0.15) is 5.69 Å². The van der Waals surface area contributed by atoms with Crippen molar-refractivity contribution in [1.82, 2.24) is 9.88 Å². The molecular weight excluding hydrogens is 350 g/mol. The highest BCUT2D eigenvalue weighted by molar-refractivity contribution is 6.07. The van der Waals surface area contributed by atoms with Crippen LogP contribution in [0.5, 0.6) is 0 Å². The summed E-state index contributed by atoms with van der Waals surface area (Å²) in [5, 5.41) is 0. The molecule has 5 heteroatoms. The van der Waals surface area contributed by atoms with E-state index in [2.05, 4.69) is 18.0 Å². The summed E-state index contributed by atoms with van der Waals surface area (Å²) < 4.78 is 0. The molecule has 2 aliphatic heterocycles. The Morgan fingerprint density at radius 3 is 2.79 bits per heavy atom. The van der Waals surface area contributed by atoms with Gasteiger partial charge in [0.05, 0.1) is 0 Å². The number of likely N-dealkylation sites (tertiary alicyclic amines) is 1. The molecule has 5 nitrogen and oxygen atoms in total. The van der Waals surface area contributed by atoms with Crippen LogP contribution >= 0.6 is 0 Å². The third-order valence-electron chi connectivity index (χ3n) is 5.94. The Bertz CT molecular complexity index is 880.